The average molecular weight is 599 g/mol. The zero-order valence-corrected chi connectivity index (χ0v) is 25.0. The van der Waals surface area contributed by atoms with E-state index in [1.165, 1.54) is 12.0 Å². The van der Waals surface area contributed by atoms with Gasteiger partial charge in [-0.15, -0.1) is 0 Å². The molecule has 228 valence electrons. The normalized spacial score (nSPS) is 18.7. The molecule has 1 saturated heterocycles. The van der Waals surface area contributed by atoms with Crippen LogP contribution in [0.25, 0.3) is 44.8 Å². The van der Waals surface area contributed by atoms with E-state index in [-0.39, 0.29) is 24.6 Å². The van der Waals surface area contributed by atoms with Crippen LogP contribution >= 0.6 is 0 Å². The zero-order chi connectivity index (χ0) is 30.7. The van der Waals surface area contributed by atoms with Crippen molar-refractivity contribution in [3.8, 4) is 40.0 Å². The van der Waals surface area contributed by atoms with Gasteiger partial charge < -0.3 is 34.3 Å². The third-order valence-corrected chi connectivity index (χ3v) is 8.71. The number of hydrogen-bond donors (Lipinski definition) is 2. The van der Waals surface area contributed by atoms with Gasteiger partial charge in [-0.1, -0.05) is 6.07 Å². The predicted molar refractivity (Wildman–Crippen MR) is 166 cm³/mol. The van der Waals surface area contributed by atoms with Crippen molar-refractivity contribution >= 4 is 28.0 Å². The molecule has 0 radical (unpaired) electrons. The second kappa shape index (κ2) is 10.8. The molecule has 4 heterocycles. The first kappa shape index (κ1) is 28.1. The van der Waals surface area contributed by atoms with Crippen LogP contribution in [0.5, 0.6) is 17.2 Å². The number of rotatable bonds is 7. The average Bonchev–Trinajstić information content (AvgIpc) is 3.68. The number of piperidine rings is 1. The number of alkyl halides is 1. The zero-order valence-electron chi connectivity index (χ0n) is 25.0. The van der Waals surface area contributed by atoms with Gasteiger partial charge in [0.2, 0.25) is 0 Å². The van der Waals surface area contributed by atoms with Gasteiger partial charge in [0.05, 0.1) is 37.7 Å². The number of carbonyl (C=O) groups excluding carboxylic acids is 1. The van der Waals surface area contributed by atoms with Crippen molar-refractivity contribution in [2.75, 3.05) is 27.3 Å². The Balaban J connectivity index is 1.35. The van der Waals surface area contributed by atoms with Crippen molar-refractivity contribution in [3.63, 3.8) is 0 Å². The number of benzene rings is 2. The number of amides is 1. The van der Waals surface area contributed by atoms with Gasteiger partial charge in [-0.05, 0) is 67.6 Å². The van der Waals surface area contributed by atoms with Crippen molar-refractivity contribution in [2.24, 2.45) is 18.7 Å². The van der Waals surface area contributed by atoms with Crippen LogP contribution < -0.4 is 15.2 Å². The number of halogens is 1. The molecule has 0 spiro atoms. The number of phenols is 1. The second-order valence-electron chi connectivity index (χ2n) is 11.9. The molecular formula is C33H35FN6O4. The van der Waals surface area contributed by atoms with Crippen LogP contribution in [0.15, 0.2) is 48.5 Å². The summed E-state index contributed by atoms with van der Waals surface area (Å²) in [6.07, 6.45) is 1.41. The summed E-state index contributed by atoms with van der Waals surface area (Å²) < 4.78 is 29.7. The number of para-hydroxylation sites is 1. The second-order valence-corrected chi connectivity index (χ2v) is 11.9. The van der Waals surface area contributed by atoms with E-state index in [1.807, 2.05) is 29.8 Å². The minimum Gasteiger partial charge on any atom is -0.504 e. The summed E-state index contributed by atoms with van der Waals surface area (Å²) in [7, 11) is 5.03. The molecule has 3 N–H and O–H groups in total. The highest BCUT2D eigenvalue weighted by Crippen LogP contribution is 2.40. The first-order valence-corrected chi connectivity index (χ1v) is 14.9. The number of aromatic nitrogens is 4. The van der Waals surface area contributed by atoms with Crippen LogP contribution in [-0.4, -0.2) is 74.5 Å². The van der Waals surface area contributed by atoms with Crippen LogP contribution in [0.2, 0.25) is 0 Å². The number of imidazole rings is 1. The smallest absolute Gasteiger partial charge is 0.254 e. The standard InChI is InChI=1S/C33H35FN6O4/c1-38-29-25(11-20(13-28(29)43-2)33(42)39-16-21(34)14-22(35)17-39)37-32(38)26-12-19-9-10-24(23-5-4-6-27(41)30(23)44-3)36-31(19)40(26)15-18-7-8-18/h4-6,9-13,18,21-22,41H,7-8,14-17,35H2,1-3H3/t21-,22-/m1/s1. The Bertz CT molecular complexity index is 1900. The topological polar surface area (TPSA) is 121 Å². The molecule has 2 atom stereocenters. The van der Waals surface area contributed by atoms with Crippen molar-refractivity contribution < 1.29 is 23.8 Å². The highest BCUT2D eigenvalue weighted by Gasteiger charge is 2.31. The molecule has 0 unspecified atom stereocenters. The summed E-state index contributed by atoms with van der Waals surface area (Å²) in [5, 5.41) is 11.3. The molecule has 2 aromatic carbocycles. The molecule has 44 heavy (non-hydrogen) atoms. The van der Waals surface area contributed by atoms with Gasteiger partial charge in [-0.3, -0.25) is 4.79 Å². The van der Waals surface area contributed by atoms with Gasteiger partial charge in [-0.25, -0.2) is 14.4 Å². The number of aryl methyl sites for hydroxylation is 1. The number of pyridine rings is 1. The van der Waals surface area contributed by atoms with Crippen molar-refractivity contribution in [3.05, 3.63) is 54.1 Å². The van der Waals surface area contributed by atoms with Crippen molar-refractivity contribution in [1.82, 2.24) is 24.0 Å². The van der Waals surface area contributed by atoms with E-state index < -0.39 is 12.2 Å². The number of nitrogens with zero attached hydrogens (tertiary/aromatic N) is 5. The molecule has 1 aliphatic carbocycles. The Morgan fingerprint density at radius 2 is 1.91 bits per heavy atom. The van der Waals surface area contributed by atoms with Gasteiger partial charge >= 0.3 is 0 Å². The minimum atomic E-state index is -1.15. The minimum absolute atomic E-state index is 0.0189. The lowest BCUT2D eigenvalue weighted by atomic mass is 10.0. The lowest BCUT2D eigenvalue weighted by Gasteiger charge is -2.33. The number of fused-ring (bicyclic) bond motifs is 2. The highest BCUT2D eigenvalue weighted by molar-refractivity contribution is 6.00. The molecule has 2 fully saturated rings. The number of ether oxygens (including phenoxy) is 2. The molecular weight excluding hydrogens is 563 g/mol. The lowest BCUT2D eigenvalue weighted by Crippen LogP contribution is -2.50. The maximum atomic E-state index is 14.3. The molecule has 0 bridgehead atoms. The summed E-state index contributed by atoms with van der Waals surface area (Å²) in [5.74, 6) is 1.90. The first-order valence-electron chi connectivity index (χ1n) is 14.9. The third kappa shape index (κ3) is 4.81. The van der Waals surface area contributed by atoms with Crippen molar-refractivity contribution in [1.29, 1.82) is 0 Å². The Hall–Kier alpha value is -4.64. The first-order chi connectivity index (χ1) is 21.2. The summed E-state index contributed by atoms with van der Waals surface area (Å²) in [6.45, 7) is 1.11. The van der Waals surface area contributed by atoms with E-state index in [4.69, 9.17) is 25.2 Å². The molecule has 5 aromatic rings. The number of likely N-dealkylation sites (tertiary alicyclic amines) is 1. The fourth-order valence-corrected chi connectivity index (χ4v) is 6.39. The van der Waals surface area contributed by atoms with E-state index in [9.17, 15) is 14.3 Å². The largest absolute Gasteiger partial charge is 0.504 e. The van der Waals surface area contributed by atoms with Gasteiger partial charge in [0.1, 0.15) is 23.1 Å². The molecule has 1 aliphatic heterocycles. The van der Waals surface area contributed by atoms with E-state index in [0.717, 1.165) is 41.6 Å². The van der Waals surface area contributed by atoms with Crippen LogP contribution in [0.1, 0.15) is 29.6 Å². The maximum absolute atomic E-state index is 14.3. The van der Waals surface area contributed by atoms with E-state index in [2.05, 4.69) is 10.6 Å². The van der Waals surface area contributed by atoms with E-state index >= 15 is 0 Å². The van der Waals surface area contributed by atoms with Gasteiger partial charge in [-0.2, -0.15) is 0 Å². The maximum Gasteiger partial charge on any atom is 0.254 e. The molecule has 3 aromatic heterocycles. The van der Waals surface area contributed by atoms with Crippen molar-refractivity contribution in [2.45, 2.75) is 38.0 Å². The summed E-state index contributed by atoms with van der Waals surface area (Å²) in [5.41, 5.74) is 10.8. The summed E-state index contributed by atoms with van der Waals surface area (Å²) in [4.78, 5) is 25.0. The fraction of sp³-hybridized carbons (Fsp3) is 0.364. The van der Waals surface area contributed by atoms with Crippen LogP contribution in [-0.2, 0) is 13.6 Å². The number of hydrogen-bond acceptors (Lipinski definition) is 7. The Labute approximate surface area is 253 Å². The van der Waals surface area contributed by atoms with Gasteiger partial charge in [0.25, 0.3) is 5.91 Å². The summed E-state index contributed by atoms with van der Waals surface area (Å²) >= 11 is 0. The fourth-order valence-electron chi connectivity index (χ4n) is 6.39. The Kier molecular flexibility index (Phi) is 6.92. The Morgan fingerprint density at radius 3 is 2.64 bits per heavy atom. The quantitative estimate of drug-likeness (QED) is 0.273. The molecule has 11 heteroatoms. The lowest BCUT2D eigenvalue weighted by molar-refractivity contribution is 0.0606. The molecule has 2 aliphatic rings. The molecule has 1 saturated carbocycles. The number of aromatic hydroxyl groups is 1. The van der Waals surface area contributed by atoms with Gasteiger partial charge in [0.15, 0.2) is 17.3 Å². The number of methoxy groups -OCH3 is 2. The van der Waals surface area contributed by atoms with E-state index in [0.29, 0.717) is 52.1 Å². The monoisotopic (exact) mass is 598 g/mol. The summed E-state index contributed by atoms with van der Waals surface area (Å²) in [6, 6.07) is 14.3. The predicted octanol–water partition coefficient (Wildman–Crippen LogP) is 4.90. The molecule has 10 nitrogen and oxygen atoms in total. The highest BCUT2D eigenvalue weighted by atomic mass is 19.1. The van der Waals surface area contributed by atoms with E-state index in [1.54, 1.807) is 31.4 Å². The van der Waals surface area contributed by atoms with Crippen LogP contribution in [0, 0.1) is 5.92 Å². The number of nitrogens with two attached hydrogens (primary N) is 1. The molecule has 1 amide bonds. The number of carbonyl (C=O) groups is 1. The SMILES string of the molecule is COc1c(O)cccc1-c1ccc2cc(-c3nc4cc(C(=O)N5C[C@H](N)C[C@@H](F)C5)cc(OC)c4n3C)n(CC3CC3)c2n1. The Morgan fingerprint density at radius 1 is 1.09 bits per heavy atom. The van der Waals surface area contributed by atoms with Gasteiger partial charge in [0, 0.05) is 42.7 Å². The van der Waals surface area contributed by atoms with Crippen LogP contribution in [0.4, 0.5) is 4.39 Å². The molecule has 7 rings (SSSR count). The third-order valence-electron chi connectivity index (χ3n) is 8.71. The number of phenolic OH excluding ortho intramolecular Hbond substituents is 1. The van der Waals surface area contributed by atoms with Crippen LogP contribution in [0.3, 0.4) is 0 Å².